The molecule has 0 radical (unpaired) electrons. The van der Waals surface area contributed by atoms with Crippen LogP contribution in [-0.2, 0) is 15.6 Å². The maximum absolute atomic E-state index is 12.8. The number of anilines is 1. The van der Waals surface area contributed by atoms with Crippen molar-refractivity contribution in [3.63, 3.8) is 0 Å². The highest BCUT2D eigenvalue weighted by atomic mass is 35.5. The number of hydrogen-bond acceptors (Lipinski definition) is 4. The van der Waals surface area contributed by atoms with Crippen LogP contribution < -0.4 is 4.90 Å². The number of pyridine rings is 1. The number of terminal acetylenes is 1. The Labute approximate surface area is 173 Å². The SMILES string of the molecule is C#CCN(C(=O)C(C)CS(=O)CCC(F)(F)F)c1cn(-c2cccnc2)nc1Cl. The number of aromatic nitrogens is 3. The van der Waals surface area contributed by atoms with Gasteiger partial charge in [-0.1, -0.05) is 24.4 Å². The molecule has 0 aliphatic rings. The van der Waals surface area contributed by atoms with Crippen LogP contribution in [0.15, 0.2) is 30.7 Å². The van der Waals surface area contributed by atoms with Crippen LogP contribution in [0.5, 0.6) is 0 Å². The number of carbonyl (C=O) groups is 1. The van der Waals surface area contributed by atoms with Gasteiger partial charge in [0.05, 0.1) is 31.0 Å². The Hall–Kier alpha value is -2.38. The molecule has 2 aromatic heterocycles. The maximum Gasteiger partial charge on any atom is 0.390 e. The fraction of sp³-hybridized carbons (Fsp3) is 0.389. The Kier molecular flexibility index (Phi) is 7.81. The van der Waals surface area contributed by atoms with Crippen molar-refractivity contribution in [2.75, 3.05) is 23.0 Å². The van der Waals surface area contributed by atoms with Gasteiger partial charge in [0.15, 0.2) is 5.15 Å². The number of hydrogen-bond donors (Lipinski definition) is 0. The van der Waals surface area contributed by atoms with E-state index in [1.54, 1.807) is 24.5 Å². The van der Waals surface area contributed by atoms with Crippen molar-refractivity contribution in [2.45, 2.75) is 19.5 Å². The number of alkyl halides is 3. The van der Waals surface area contributed by atoms with Gasteiger partial charge < -0.3 is 0 Å². The molecule has 2 atom stereocenters. The van der Waals surface area contributed by atoms with E-state index in [1.165, 1.54) is 22.7 Å². The molecule has 1 amide bonds. The Morgan fingerprint density at radius 1 is 1.48 bits per heavy atom. The van der Waals surface area contributed by atoms with Crippen LogP contribution >= 0.6 is 11.6 Å². The molecule has 2 heterocycles. The molecule has 0 aliphatic heterocycles. The number of rotatable bonds is 8. The largest absolute Gasteiger partial charge is 0.390 e. The summed E-state index contributed by atoms with van der Waals surface area (Å²) in [6, 6.07) is 3.44. The average Bonchev–Trinajstić information content (AvgIpc) is 3.05. The highest BCUT2D eigenvalue weighted by molar-refractivity contribution is 7.85. The van der Waals surface area contributed by atoms with Crippen LogP contribution in [0.1, 0.15) is 13.3 Å². The van der Waals surface area contributed by atoms with Gasteiger partial charge in [-0.05, 0) is 12.1 Å². The molecule has 2 unspecified atom stereocenters. The van der Waals surface area contributed by atoms with E-state index in [-0.39, 0.29) is 23.1 Å². The lowest BCUT2D eigenvalue weighted by atomic mass is 10.2. The van der Waals surface area contributed by atoms with Gasteiger partial charge in [-0.2, -0.15) is 18.3 Å². The first-order valence-corrected chi connectivity index (χ1v) is 10.3. The van der Waals surface area contributed by atoms with E-state index in [0.717, 1.165) is 0 Å². The van der Waals surface area contributed by atoms with Crippen molar-refractivity contribution in [1.82, 2.24) is 14.8 Å². The summed E-state index contributed by atoms with van der Waals surface area (Å²) >= 11 is 6.18. The highest BCUT2D eigenvalue weighted by Crippen LogP contribution is 2.27. The van der Waals surface area contributed by atoms with Crippen molar-refractivity contribution in [3.8, 4) is 18.0 Å². The van der Waals surface area contributed by atoms with Crippen LogP contribution in [-0.4, -0.2) is 49.1 Å². The second-order valence-electron chi connectivity index (χ2n) is 6.17. The van der Waals surface area contributed by atoms with E-state index in [1.807, 2.05) is 0 Å². The summed E-state index contributed by atoms with van der Waals surface area (Å²) in [6.45, 7) is 1.35. The Morgan fingerprint density at radius 2 is 2.21 bits per heavy atom. The minimum Gasteiger partial charge on any atom is -0.296 e. The Bertz CT molecular complexity index is 912. The van der Waals surface area contributed by atoms with Gasteiger partial charge in [0.25, 0.3) is 0 Å². The molecule has 0 spiro atoms. The predicted molar refractivity (Wildman–Crippen MR) is 105 cm³/mol. The molecule has 0 aromatic carbocycles. The van der Waals surface area contributed by atoms with Gasteiger partial charge in [0, 0.05) is 34.4 Å². The lowest BCUT2D eigenvalue weighted by Crippen LogP contribution is -2.37. The summed E-state index contributed by atoms with van der Waals surface area (Å²) < 4.78 is 50.2. The van der Waals surface area contributed by atoms with Crippen LogP contribution in [0.2, 0.25) is 5.15 Å². The standard InChI is InChI=1S/C18H18ClF3N4O2S/c1-3-8-25(17(27)13(2)12-29(28)9-6-18(20,21)22)15-11-26(24-16(15)19)14-5-4-7-23-10-14/h1,4-5,7,10-11,13H,6,8-9,12H2,2H3. The van der Waals surface area contributed by atoms with Crippen LogP contribution in [0.25, 0.3) is 5.69 Å². The van der Waals surface area contributed by atoms with E-state index >= 15 is 0 Å². The lowest BCUT2D eigenvalue weighted by Gasteiger charge is -2.22. The molecule has 0 bridgehead atoms. The van der Waals surface area contributed by atoms with Gasteiger partial charge in [0.1, 0.15) is 5.69 Å². The number of carbonyl (C=O) groups excluding carboxylic acids is 1. The van der Waals surface area contributed by atoms with Crippen LogP contribution in [0, 0.1) is 18.3 Å². The van der Waals surface area contributed by atoms with Gasteiger partial charge in [-0.3, -0.25) is 18.9 Å². The fourth-order valence-electron chi connectivity index (χ4n) is 2.45. The molecular weight excluding hydrogens is 429 g/mol. The quantitative estimate of drug-likeness (QED) is 0.584. The maximum atomic E-state index is 12.8. The second kappa shape index (κ2) is 9.89. The second-order valence-corrected chi connectivity index (χ2v) is 8.15. The first-order chi connectivity index (χ1) is 13.6. The number of halogens is 4. The zero-order valence-electron chi connectivity index (χ0n) is 15.4. The van der Waals surface area contributed by atoms with Gasteiger partial charge in [-0.25, -0.2) is 4.68 Å². The molecule has 0 N–H and O–H groups in total. The van der Waals surface area contributed by atoms with E-state index in [2.05, 4.69) is 16.0 Å². The molecule has 0 saturated heterocycles. The molecule has 11 heteroatoms. The third kappa shape index (κ3) is 6.58. The normalized spacial score (nSPS) is 13.5. The number of nitrogens with zero attached hydrogens (tertiary/aromatic N) is 4. The summed E-state index contributed by atoms with van der Waals surface area (Å²) in [5.41, 5.74) is 0.849. The Morgan fingerprint density at radius 3 is 2.79 bits per heavy atom. The third-order valence-corrected chi connectivity index (χ3v) is 5.64. The molecule has 2 aromatic rings. The summed E-state index contributed by atoms with van der Waals surface area (Å²) in [6.07, 6.45) is 4.43. The summed E-state index contributed by atoms with van der Waals surface area (Å²) in [4.78, 5) is 18.0. The summed E-state index contributed by atoms with van der Waals surface area (Å²) in [7, 11) is -1.81. The minimum atomic E-state index is -4.40. The molecule has 0 aliphatic carbocycles. The van der Waals surface area contributed by atoms with Crippen LogP contribution in [0.3, 0.4) is 0 Å². The van der Waals surface area contributed by atoms with Crippen LogP contribution in [0.4, 0.5) is 18.9 Å². The van der Waals surface area contributed by atoms with E-state index in [9.17, 15) is 22.2 Å². The topological polar surface area (TPSA) is 68.1 Å². The van der Waals surface area contributed by atoms with Crippen molar-refractivity contribution in [1.29, 1.82) is 0 Å². The van der Waals surface area contributed by atoms with E-state index in [4.69, 9.17) is 18.0 Å². The first kappa shape index (κ1) is 22.9. The van der Waals surface area contributed by atoms with Gasteiger partial charge in [0.2, 0.25) is 5.91 Å². The number of amides is 1. The van der Waals surface area contributed by atoms with Gasteiger partial charge >= 0.3 is 6.18 Å². The molecule has 0 fully saturated rings. The van der Waals surface area contributed by atoms with Gasteiger partial charge in [-0.15, -0.1) is 6.42 Å². The lowest BCUT2D eigenvalue weighted by molar-refractivity contribution is -0.129. The molecular formula is C18H18ClF3N4O2S. The molecule has 29 heavy (non-hydrogen) atoms. The smallest absolute Gasteiger partial charge is 0.296 e. The third-order valence-electron chi connectivity index (χ3n) is 3.84. The molecule has 2 rings (SSSR count). The van der Waals surface area contributed by atoms with E-state index in [0.29, 0.717) is 5.69 Å². The summed E-state index contributed by atoms with van der Waals surface area (Å²) in [5, 5.41) is 4.15. The van der Waals surface area contributed by atoms with E-state index < -0.39 is 41.0 Å². The summed E-state index contributed by atoms with van der Waals surface area (Å²) in [5.74, 6) is 0.244. The van der Waals surface area contributed by atoms with Crippen molar-refractivity contribution >= 4 is 34.0 Å². The zero-order valence-corrected chi connectivity index (χ0v) is 17.0. The fourth-order valence-corrected chi connectivity index (χ4v) is 4.01. The zero-order chi connectivity index (χ0) is 21.6. The average molecular weight is 447 g/mol. The van der Waals surface area contributed by atoms with Crippen molar-refractivity contribution in [3.05, 3.63) is 35.9 Å². The molecule has 0 saturated carbocycles. The molecule has 156 valence electrons. The molecule has 6 nitrogen and oxygen atoms in total. The first-order valence-electron chi connectivity index (χ1n) is 8.44. The monoisotopic (exact) mass is 446 g/mol. The highest BCUT2D eigenvalue weighted by Gasteiger charge is 2.30. The van der Waals surface area contributed by atoms with Crippen molar-refractivity contribution < 1.29 is 22.2 Å². The Balaban J connectivity index is 2.16. The predicted octanol–water partition coefficient (Wildman–Crippen LogP) is 3.22. The minimum absolute atomic E-state index is 0.0165. The van der Waals surface area contributed by atoms with Crippen molar-refractivity contribution in [2.24, 2.45) is 5.92 Å².